The summed E-state index contributed by atoms with van der Waals surface area (Å²) in [6.07, 6.45) is 0. The van der Waals surface area contributed by atoms with E-state index in [9.17, 15) is 4.79 Å². The zero-order valence-electron chi connectivity index (χ0n) is 10.4. The van der Waals surface area contributed by atoms with Gasteiger partial charge in [-0.25, -0.2) is 4.79 Å². The molecule has 0 unspecified atom stereocenters. The molecule has 0 radical (unpaired) electrons. The maximum Gasteiger partial charge on any atom is 0.364 e. The van der Waals surface area contributed by atoms with Gasteiger partial charge >= 0.3 is 6.03 Å². The Labute approximate surface area is 110 Å². The van der Waals surface area contributed by atoms with E-state index in [-0.39, 0.29) is 0 Å². The Morgan fingerprint density at radius 1 is 1.05 bits per heavy atom. The fourth-order valence-electron chi connectivity index (χ4n) is 1.42. The largest absolute Gasteiger partial charge is 0.497 e. The predicted octanol–water partition coefficient (Wildman–Crippen LogP) is 4.01. The Morgan fingerprint density at radius 3 is 2.37 bits per heavy atom. The number of nitrogens with one attached hydrogen (secondary N) is 1. The van der Waals surface area contributed by atoms with Crippen LogP contribution in [0.3, 0.4) is 0 Å². The molecule has 0 aliphatic carbocycles. The minimum atomic E-state index is -0.512. The molecule has 2 amide bonds. The molecule has 0 spiro atoms. The van der Waals surface area contributed by atoms with Crippen LogP contribution in [0.5, 0.6) is 5.75 Å². The van der Waals surface area contributed by atoms with E-state index < -0.39 is 6.03 Å². The SMILES string of the molecule is COc1ccc(N=NC(=O)Nc2ccccc2)cc1. The molecule has 0 heterocycles. The molecule has 2 aromatic carbocycles. The molecule has 0 atom stereocenters. The van der Waals surface area contributed by atoms with Gasteiger partial charge in [0.1, 0.15) is 5.75 Å². The Morgan fingerprint density at radius 2 is 1.74 bits per heavy atom. The molecule has 0 aromatic heterocycles. The molecule has 5 heteroatoms. The van der Waals surface area contributed by atoms with E-state index in [1.54, 1.807) is 43.5 Å². The van der Waals surface area contributed by atoms with E-state index in [2.05, 4.69) is 15.5 Å². The molecule has 2 rings (SSSR count). The van der Waals surface area contributed by atoms with Crippen molar-refractivity contribution >= 4 is 17.4 Å². The first kappa shape index (κ1) is 12.8. The third-order valence-electron chi connectivity index (χ3n) is 2.35. The summed E-state index contributed by atoms with van der Waals surface area (Å²) in [5.74, 6) is 0.729. The van der Waals surface area contributed by atoms with Gasteiger partial charge < -0.3 is 10.1 Å². The lowest BCUT2D eigenvalue weighted by atomic mass is 10.3. The van der Waals surface area contributed by atoms with Crippen LogP contribution in [0.4, 0.5) is 16.2 Å². The molecule has 0 aliphatic heterocycles. The normalized spacial score (nSPS) is 10.4. The third-order valence-corrected chi connectivity index (χ3v) is 2.35. The highest BCUT2D eigenvalue weighted by molar-refractivity contribution is 5.89. The molecule has 2 aromatic rings. The van der Waals surface area contributed by atoms with Gasteiger partial charge in [0.15, 0.2) is 0 Å². The molecular weight excluding hydrogens is 242 g/mol. The zero-order valence-corrected chi connectivity index (χ0v) is 10.4. The lowest BCUT2D eigenvalue weighted by Gasteiger charge is -2.00. The van der Waals surface area contributed by atoms with E-state index in [4.69, 9.17) is 4.74 Å². The molecule has 0 saturated carbocycles. The summed E-state index contributed by atoms with van der Waals surface area (Å²) in [6, 6.07) is 15.5. The van der Waals surface area contributed by atoms with E-state index in [1.165, 1.54) is 0 Å². The van der Waals surface area contributed by atoms with Crippen molar-refractivity contribution < 1.29 is 9.53 Å². The Balaban J connectivity index is 1.96. The minimum absolute atomic E-state index is 0.512. The first-order chi connectivity index (χ1) is 9.28. The Bertz CT molecular complexity index is 565. The summed E-state index contributed by atoms with van der Waals surface area (Å²) >= 11 is 0. The maximum absolute atomic E-state index is 11.5. The van der Waals surface area contributed by atoms with Gasteiger partial charge in [-0.2, -0.15) is 0 Å². The second-order valence-corrected chi connectivity index (χ2v) is 3.69. The van der Waals surface area contributed by atoms with Gasteiger partial charge in [-0.3, -0.25) is 0 Å². The molecule has 5 nitrogen and oxygen atoms in total. The van der Waals surface area contributed by atoms with Crippen molar-refractivity contribution in [1.82, 2.24) is 0 Å². The number of amides is 2. The first-order valence-electron chi connectivity index (χ1n) is 5.70. The summed E-state index contributed by atoms with van der Waals surface area (Å²) in [4.78, 5) is 11.5. The van der Waals surface area contributed by atoms with Crippen molar-refractivity contribution in [3.63, 3.8) is 0 Å². The summed E-state index contributed by atoms with van der Waals surface area (Å²) < 4.78 is 5.02. The summed E-state index contributed by atoms with van der Waals surface area (Å²) in [5, 5.41) is 10.0. The summed E-state index contributed by atoms with van der Waals surface area (Å²) in [6.45, 7) is 0. The van der Waals surface area contributed by atoms with E-state index in [0.717, 1.165) is 5.75 Å². The predicted molar refractivity (Wildman–Crippen MR) is 73.0 cm³/mol. The van der Waals surface area contributed by atoms with Gasteiger partial charge in [0.2, 0.25) is 0 Å². The van der Waals surface area contributed by atoms with Crippen LogP contribution in [0.25, 0.3) is 0 Å². The third kappa shape index (κ3) is 3.92. The molecule has 96 valence electrons. The average Bonchev–Trinajstić information content (AvgIpc) is 2.47. The van der Waals surface area contributed by atoms with Crippen LogP contribution in [0.2, 0.25) is 0 Å². The van der Waals surface area contributed by atoms with Crippen LogP contribution >= 0.6 is 0 Å². The minimum Gasteiger partial charge on any atom is -0.497 e. The fourth-order valence-corrected chi connectivity index (χ4v) is 1.42. The van der Waals surface area contributed by atoms with Gasteiger partial charge in [-0.1, -0.05) is 23.3 Å². The number of azo groups is 1. The number of ether oxygens (including phenoxy) is 1. The van der Waals surface area contributed by atoms with Crippen LogP contribution in [-0.2, 0) is 0 Å². The zero-order chi connectivity index (χ0) is 13.5. The molecule has 0 fully saturated rings. The van der Waals surface area contributed by atoms with Crippen LogP contribution in [-0.4, -0.2) is 13.1 Å². The van der Waals surface area contributed by atoms with Gasteiger partial charge in [-0.05, 0) is 36.4 Å². The van der Waals surface area contributed by atoms with Crippen LogP contribution in [0.15, 0.2) is 64.8 Å². The summed E-state index contributed by atoms with van der Waals surface area (Å²) in [7, 11) is 1.59. The van der Waals surface area contributed by atoms with E-state index in [1.807, 2.05) is 18.2 Å². The van der Waals surface area contributed by atoms with Gasteiger partial charge in [0.05, 0.1) is 12.8 Å². The monoisotopic (exact) mass is 255 g/mol. The topological polar surface area (TPSA) is 63.1 Å². The smallest absolute Gasteiger partial charge is 0.364 e. The molecule has 19 heavy (non-hydrogen) atoms. The highest BCUT2D eigenvalue weighted by Crippen LogP contribution is 2.18. The highest BCUT2D eigenvalue weighted by Gasteiger charge is 1.99. The van der Waals surface area contributed by atoms with E-state index in [0.29, 0.717) is 11.4 Å². The number of hydrogen-bond donors (Lipinski definition) is 1. The average molecular weight is 255 g/mol. The summed E-state index contributed by atoms with van der Waals surface area (Å²) in [5.41, 5.74) is 1.27. The number of anilines is 1. The van der Waals surface area contributed by atoms with E-state index >= 15 is 0 Å². The number of nitrogens with zero attached hydrogens (tertiary/aromatic N) is 2. The number of benzene rings is 2. The van der Waals surface area contributed by atoms with Crippen molar-refractivity contribution in [2.75, 3.05) is 12.4 Å². The molecule has 1 N–H and O–H groups in total. The highest BCUT2D eigenvalue weighted by atomic mass is 16.5. The molecule has 0 aliphatic rings. The van der Waals surface area contributed by atoms with Crippen LogP contribution in [0.1, 0.15) is 0 Å². The lowest BCUT2D eigenvalue weighted by molar-refractivity contribution is 0.258. The van der Waals surface area contributed by atoms with Crippen molar-refractivity contribution in [3.8, 4) is 5.75 Å². The van der Waals surface area contributed by atoms with Crippen molar-refractivity contribution in [2.45, 2.75) is 0 Å². The standard InChI is InChI=1S/C14H13N3O2/c1-19-13-9-7-12(8-10-13)16-17-14(18)15-11-5-3-2-4-6-11/h2-10H,1H3,(H,15,18). The molecule has 0 saturated heterocycles. The van der Waals surface area contributed by atoms with Crippen LogP contribution < -0.4 is 10.1 Å². The number of para-hydroxylation sites is 1. The quantitative estimate of drug-likeness (QED) is 0.842. The number of carbonyl (C=O) groups is 1. The second kappa shape index (κ2) is 6.30. The molecular formula is C14H13N3O2. The van der Waals surface area contributed by atoms with Crippen LogP contribution in [0, 0.1) is 0 Å². The van der Waals surface area contributed by atoms with Crippen molar-refractivity contribution in [1.29, 1.82) is 0 Å². The second-order valence-electron chi connectivity index (χ2n) is 3.69. The Kier molecular flexibility index (Phi) is 4.23. The van der Waals surface area contributed by atoms with Gasteiger partial charge in [0.25, 0.3) is 0 Å². The number of rotatable bonds is 3. The maximum atomic E-state index is 11.5. The number of urea groups is 1. The van der Waals surface area contributed by atoms with Crippen molar-refractivity contribution in [3.05, 3.63) is 54.6 Å². The lowest BCUT2D eigenvalue weighted by Crippen LogP contribution is -2.04. The molecule has 0 bridgehead atoms. The van der Waals surface area contributed by atoms with Crippen molar-refractivity contribution in [2.24, 2.45) is 10.2 Å². The Hall–Kier alpha value is -2.69. The number of methoxy groups -OCH3 is 1. The van der Waals surface area contributed by atoms with Gasteiger partial charge in [-0.15, -0.1) is 5.11 Å². The van der Waals surface area contributed by atoms with Gasteiger partial charge in [0, 0.05) is 5.69 Å². The number of hydrogen-bond acceptors (Lipinski definition) is 3. The fraction of sp³-hybridized carbons (Fsp3) is 0.0714. The first-order valence-corrected chi connectivity index (χ1v) is 5.70. The number of carbonyl (C=O) groups excluding carboxylic acids is 1.